The molecular weight excluding hydrogens is 867 g/mol. The number of nitrogens with one attached hydrogen (secondary N) is 4. The van der Waals surface area contributed by atoms with Crippen molar-refractivity contribution >= 4 is 52.8 Å². The van der Waals surface area contributed by atoms with Crippen LogP contribution in [0.2, 0.25) is 0 Å². The highest BCUT2D eigenvalue weighted by molar-refractivity contribution is 6.04. The Labute approximate surface area is 410 Å². The number of hydrogen-bond donors (Lipinski definition) is 7. The van der Waals surface area contributed by atoms with Crippen LogP contribution in [0.1, 0.15) is 166 Å². The smallest absolute Gasteiger partial charge is 0.255 e. The molecule has 1 aliphatic rings. The maximum Gasteiger partial charge on any atom is 0.255 e. The third-order valence-electron chi connectivity index (χ3n) is 12.3. The van der Waals surface area contributed by atoms with Crippen molar-refractivity contribution in [3.8, 4) is 0 Å². The zero-order valence-electron chi connectivity index (χ0n) is 40.8. The Balaban J connectivity index is 0.00000336. The molecule has 0 saturated heterocycles. The number of carbonyl (C=O) groups is 5. The highest BCUT2D eigenvalue weighted by Crippen LogP contribution is 2.35. The molecule has 69 heavy (non-hydrogen) atoms. The van der Waals surface area contributed by atoms with E-state index in [0.29, 0.717) is 67.8 Å². The quantitative estimate of drug-likeness (QED) is 0.0205. The molecule has 0 fully saturated rings. The van der Waals surface area contributed by atoms with Gasteiger partial charge >= 0.3 is 0 Å². The van der Waals surface area contributed by atoms with Crippen LogP contribution in [0, 0.1) is 0 Å². The van der Waals surface area contributed by atoms with E-state index in [1.165, 1.54) is 32.1 Å². The molecule has 1 heterocycles. The maximum absolute atomic E-state index is 14.1. The van der Waals surface area contributed by atoms with Gasteiger partial charge in [-0.15, -0.1) is 0 Å². The topological polar surface area (TPSA) is 209 Å². The molecule has 13 nitrogen and oxygen atoms in total. The first-order valence-corrected chi connectivity index (χ1v) is 25.2. The highest BCUT2D eigenvalue weighted by atomic mass is 16.3. The summed E-state index contributed by atoms with van der Waals surface area (Å²) >= 11 is 0. The van der Waals surface area contributed by atoms with E-state index in [0.717, 1.165) is 92.3 Å². The van der Waals surface area contributed by atoms with E-state index in [1.807, 2.05) is 71.6 Å². The summed E-state index contributed by atoms with van der Waals surface area (Å²) in [6.45, 7) is 4.14. The molecular formula is C56H77N7O6. The zero-order chi connectivity index (χ0) is 49.5. The van der Waals surface area contributed by atoms with Crippen LogP contribution < -0.4 is 37.6 Å². The van der Waals surface area contributed by atoms with Gasteiger partial charge in [-0.1, -0.05) is 125 Å². The summed E-state index contributed by atoms with van der Waals surface area (Å²) in [5.74, 6) is -0.303. The van der Waals surface area contributed by atoms with Crippen LogP contribution in [0.3, 0.4) is 0 Å². The van der Waals surface area contributed by atoms with E-state index in [2.05, 4.69) is 33.9 Å². The van der Waals surface area contributed by atoms with Crippen LogP contribution in [0.5, 0.6) is 0 Å². The third kappa shape index (κ3) is 19.6. The van der Waals surface area contributed by atoms with E-state index in [9.17, 15) is 24.3 Å². The molecule has 4 aromatic rings. The van der Waals surface area contributed by atoms with E-state index in [1.54, 1.807) is 36.4 Å². The fraction of sp³-hybridized carbons (Fsp3) is 0.446. The maximum atomic E-state index is 14.1. The van der Waals surface area contributed by atoms with Crippen LogP contribution in [0.25, 0.3) is 11.4 Å². The van der Waals surface area contributed by atoms with Crippen molar-refractivity contribution in [1.29, 1.82) is 0 Å². The fourth-order valence-corrected chi connectivity index (χ4v) is 8.52. The van der Waals surface area contributed by atoms with Crippen LogP contribution >= 0.6 is 0 Å². The van der Waals surface area contributed by atoms with Crippen molar-refractivity contribution in [2.24, 2.45) is 11.5 Å². The molecule has 372 valence electrons. The molecule has 0 bridgehead atoms. The number of carbonyl (C=O) groups excluding carboxylic acids is 5. The number of unbranched alkanes of at least 4 members (excludes halogenated alkanes) is 11. The Bertz CT molecular complexity index is 2200. The Morgan fingerprint density at radius 3 is 1.96 bits per heavy atom. The van der Waals surface area contributed by atoms with Crippen LogP contribution in [0.15, 0.2) is 103 Å². The standard InChI is InChI=1S/C55H74N6O5.CH3NO/c1-2-3-4-5-6-8-21-38-57-50(63)32-18-19-33-51(64)61-41-44-26-14-15-29-47(44)52(56)53(48-30-16-17-31-49(48)61)58-39-22-20-28-45(27-13-7-9-23-40-62)59-55(66)43-34-36-46(37-35-43)60-54(65)42-24-11-10-12-25-42;2-1-3/h10-12,14-17,24-26,29-31,34-37,45,58,62H,2-9,13,18-23,27-28,32-33,38-41,56H2,1H3,(H,57,63)(H,59,66)(H,60,65);1H,(H2,2,3)/b53-52-;. The molecule has 1 unspecified atom stereocenters. The predicted molar refractivity (Wildman–Crippen MR) is 279 cm³/mol. The molecule has 1 aliphatic heterocycles. The number of hydrogen-bond acceptors (Lipinski definition) is 8. The third-order valence-corrected chi connectivity index (χ3v) is 12.3. The monoisotopic (exact) mass is 944 g/mol. The highest BCUT2D eigenvalue weighted by Gasteiger charge is 2.26. The number of para-hydroxylation sites is 1. The summed E-state index contributed by atoms with van der Waals surface area (Å²) in [6.07, 6.45) is 17.7. The minimum Gasteiger partial charge on any atom is -0.397 e. The molecule has 0 radical (unpaired) electrons. The Hall–Kier alpha value is -6.47. The number of benzene rings is 4. The SMILES string of the molecule is CCCCCCCCCNC(=O)CCCCC(=O)N1Cc2ccccc2/C(N)=C(/NCCCCC(CCCCCCO)NC(=O)c2ccc(NC(=O)c3ccccc3)cc2)c2ccccc21.NC=O. The number of nitrogens with zero attached hydrogens (tertiary/aromatic N) is 1. The number of primary amides is 1. The van der Waals surface area contributed by atoms with E-state index < -0.39 is 0 Å². The van der Waals surface area contributed by atoms with Crippen LogP contribution in [-0.2, 0) is 20.9 Å². The number of amides is 5. The lowest BCUT2D eigenvalue weighted by Crippen LogP contribution is -2.35. The summed E-state index contributed by atoms with van der Waals surface area (Å²) in [6, 6.07) is 31.8. The van der Waals surface area contributed by atoms with Crippen molar-refractivity contribution in [3.05, 3.63) is 131 Å². The molecule has 0 aromatic heterocycles. The zero-order valence-corrected chi connectivity index (χ0v) is 40.8. The number of rotatable bonds is 29. The first kappa shape index (κ1) is 55.1. The average molecular weight is 944 g/mol. The molecule has 5 rings (SSSR count). The normalized spacial score (nSPS) is 13.3. The van der Waals surface area contributed by atoms with Gasteiger partial charge in [0.1, 0.15) is 0 Å². The molecule has 0 saturated carbocycles. The van der Waals surface area contributed by atoms with Crippen molar-refractivity contribution in [1.82, 2.24) is 16.0 Å². The molecule has 1 atom stereocenters. The lowest BCUT2D eigenvalue weighted by Gasteiger charge is -2.30. The second-order valence-electron chi connectivity index (χ2n) is 17.7. The lowest BCUT2D eigenvalue weighted by molar-refractivity contribution is -0.122. The largest absolute Gasteiger partial charge is 0.397 e. The molecule has 4 aromatic carbocycles. The van der Waals surface area contributed by atoms with E-state index in [4.69, 9.17) is 10.5 Å². The van der Waals surface area contributed by atoms with Crippen molar-refractivity contribution in [2.75, 3.05) is 29.9 Å². The van der Waals surface area contributed by atoms with Gasteiger partial charge in [0.25, 0.3) is 11.8 Å². The first-order chi connectivity index (χ1) is 33.7. The number of fused-ring (bicyclic) bond motifs is 2. The lowest BCUT2D eigenvalue weighted by atomic mass is 9.95. The summed E-state index contributed by atoms with van der Waals surface area (Å²) in [7, 11) is 0. The van der Waals surface area contributed by atoms with E-state index in [-0.39, 0.29) is 42.7 Å². The second-order valence-corrected chi connectivity index (χ2v) is 17.7. The van der Waals surface area contributed by atoms with Gasteiger partial charge in [-0.2, -0.15) is 0 Å². The molecule has 0 aliphatic carbocycles. The van der Waals surface area contributed by atoms with E-state index >= 15 is 0 Å². The predicted octanol–water partition coefficient (Wildman–Crippen LogP) is 9.60. The summed E-state index contributed by atoms with van der Waals surface area (Å²) in [4.78, 5) is 63.2. The van der Waals surface area contributed by atoms with Gasteiger partial charge in [0.05, 0.1) is 23.6 Å². The summed E-state index contributed by atoms with van der Waals surface area (Å²) < 4.78 is 0. The van der Waals surface area contributed by atoms with Gasteiger partial charge in [0, 0.05) is 66.5 Å². The van der Waals surface area contributed by atoms with Gasteiger partial charge in [0.15, 0.2) is 0 Å². The number of nitrogens with two attached hydrogens (primary N) is 2. The Morgan fingerprint density at radius 2 is 1.23 bits per heavy atom. The second kappa shape index (κ2) is 32.3. The van der Waals surface area contributed by atoms with Crippen LogP contribution in [0.4, 0.5) is 11.4 Å². The number of anilines is 2. The molecule has 9 N–H and O–H groups in total. The van der Waals surface area contributed by atoms with Gasteiger partial charge in [-0.25, -0.2) is 0 Å². The Morgan fingerprint density at radius 1 is 0.652 bits per heavy atom. The van der Waals surface area contributed by atoms with Crippen molar-refractivity contribution in [3.63, 3.8) is 0 Å². The average Bonchev–Trinajstić information content (AvgIpc) is 3.36. The van der Waals surface area contributed by atoms with Gasteiger partial charge in [-0.05, 0) is 99.4 Å². The summed E-state index contributed by atoms with van der Waals surface area (Å²) in [5, 5.41) is 22.2. The van der Waals surface area contributed by atoms with Crippen molar-refractivity contribution in [2.45, 2.75) is 142 Å². The number of aliphatic hydroxyl groups excluding tert-OH is 1. The molecule has 0 spiro atoms. The minimum atomic E-state index is -0.211. The van der Waals surface area contributed by atoms with Gasteiger partial charge in [0.2, 0.25) is 18.2 Å². The molecule has 5 amide bonds. The van der Waals surface area contributed by atoms with Crippen molar-refractivity contribution < 1.29 is 29.1 Å². The Kier molecular flexibility index (Phi) is 25.8. The van der Waals surface area contributed by atoms with Gasteiger partial charge < -0.3 is 42.7 Å². The van der Waals surface area contributed by atoms with Crippen LogP contribution in [-0.4, -0.2) is 60.9 Å². The first-order valence-electron chi connectivity index (χ1n) is 25.2. The number of aliphatic hydroxyl groups is 1. The molecule has 13 heteroatoms. The minimum absolute atomic E-state index is 0.00998. The fourth-order valence-electron chi connectivity index (χ4n) is 8.52. The summed E-state index contributed by atoms with van der Waals surface area (Å²) in [5.41, 5.74) is 17.8. The van der Waals surface area contributed by atoms with Gasteiger partial charge in [-0.3, -0.25) is 24.0 Å².